The van der Waals surface area contributed by atoms with Crippen LogP contribution in [0.5, 0.6) is 0 Å². The van der Waals surface area contributed by atoms with Crippen molar-refractivity contribution in [2.75, 3.05) is 0 Å². The zero-order chi connectivity index (χ0) is 12.1. The van der Waals surface area contributed by atoms with Crippen molar-refractivity contribution >= 4 is 8.32 Å². The molecular formula is C12H23NOSi. The lowest BCUT2D eigenvalue weighted by Gasteiger charge is -2.30. The van der Waals surface area contributed by atoms with E-state index in [0.717, 1.165) is 12.8 Å². The third-order valence-corrected chi connectivity index (χ3v) is 3.00. The molecule has 0 aliphatic carbocycles. The predicted octanol–water partition coefficient (Wildman–Crippen LogP) is 3.87. The van der Waals surface area contributed by atoms with Gasteiger partial charge < -0.3 is 4.43 Å². The van der Waals surface area contributed by atoms with Crippen molar-refractivity contribution in [3.05, 3.63) is 11.6 Å². The van der Waals surface area contributed by atoms with E-state index >= 15 is 0 Å². The van der Waals surface area contributed by atoms with Crippen LogP contribution in [-0.2, 0) is 4.43 Å². The van der Waals surface area contributed by atoms with Crippen LogP contribution < -0.4 is 0 Å². The molecular weight excluding hydrogens is 202 g/mol. The summed E-state index contributed by atoms with van der Waals surface area (Å²) in [6.45, 7) is 12.4. The molecule has 0 amide bonds. The summed E-state index contributed by atoms with van der Waals surface area (Å²) >= 11 is 0. The maximum atomic E-state index is 9.14. The lowest BCUT2D eigenvalue weighted by atomic mass is 10.0. The van der Waals surface area contributed by atoms with Gasteiger partial charge in [0, 0.05) is 0 Å². The second-order valence-electron chi connectivity index (χ2n) is 5.38. The van der Waals surface area contributed by atoms with E-state index in [1.54, 1.807) is 0 Å². The van der Waals surface area contributed by atoms with Gasteiger partial charge in [0.2, 0.25) is 0 Å². The number of nitriles is 1. The first-order valence-corrected chi connectivity index (χ1v) is 8.84. The lowest BCUT2D eigenvalue weighted by molar-refractivity contribution is 0.131. The van der Waals surface area contributed by atoms with E-state index in [-0.39, 0.29) is 0 Å². The molecule has 0 N–H and O–H groups in total. The molecule has 0 fully saturated rings. The highest BCUT2D eigenvalue weighted by atomic mass is 28.4. The van der Waals surface area contributed by atoms with Crippen LogP contribution in [0.4, 0.5) is 0 Å². The van der Waals surface area contributed by atoms with Crippen LogP contribution in [0.2, 0.25) is 19.6 Å². The molecule has 1 atom stereocenters. The number of allylic oxidation sites excluding steroid dienone is 2. The van der Waals surface area contributed by atoms with Gasteiger partial charge in [0.25, 0.3) is 0 Å². The van der Waals surface area contributed by atoms with Gasteiger partial charge in [-0.15, -0.1) is 0 Å². The second kappa shape index (κ2) is 5.48. The molecule has 0 aliphatic heterocycles. The fraction of sp³-hybridized carbons (Fsp3) is 0.750. The van der Waals surface area contributed by atoms with Gasteiger partial charge in [0.1, 0.15) is 5.60 Å². The molecule has 2 nitrogen and oxygen atoms in total. The first-order chi connectivity index (χ1) is 6.68. The number of hydrogen-bond donors (Lipinski definition) is 0. The summed E-state index contributed by atoms with van der Waals surface area (Å²) in [4.78, 5) is 0. The van der Waals surface area contributed by atoms with Crippen LogP contribution in [0.3, 0.4) is 0 Å². The van der Waals surface area contributed by atoms with Gasteiger partial charge in [0.15, 0.2) is 8.32 Å². The van der Waals surface area contributed by atoms with Crippen molar-refractivity contribution in [2.24, 2.45) is 0 Å². The Morgan fingerprint density at radius 3 is 2.27 bits per heavy atom. The van der Waals surface area contributed by atoms with Crippen molar-refractivity contribution in [1.29, 1.82) is 5.26 Å². The highest BCUT2D eigenvalue weighted by Crippen LogP contribution is 2.22. The van der Waals surface area contributed by atoms with Crippen LogP contribution in [0, 0.1) is 11.3 Å². The Morgan fingerprint density at radius 1 is 1.40 bits per heavy atom. The first kappa shape index (κ1) is 14.4. The molecule has 0 aliphatic rings. The normalized spacial score (nSPS) is 15.3. The quantitative estimate of drug-likeness (QED) is 0.525. The molecule has 0 heterocycles. The van der Waals surface area contributed by atoms with Gasteiger partial charge in [-0.3, -0.25) is 0 Å². The molecule has 0 aromatic heterocycles. The predicted molar refractivity (Wildman–Crippen MR) is 67.1 cm³/mol. The Labute approximate surface area is 95.1 Å². The summed E-state index contributed by atoms with van der Waals surface area (Å²) in [6.07, 6.45) is 3.85. The molecule has 3 heteroatoms. The topological polar surface area (TPSA) is 33.0 Å². The minimum absolute atomic E-state index is 0.615. The fourth-order valence-electron chi connectivity index (χ4n) is 1.44. The van der Waals surface area contributed by atoms with Crippen molar-refractivity contribution in [2.45, 2.75) is 58.9 Å². The summed E-state index contributed by atoms with van der Waals surface area (Å²) in [7, 11) is -1.63. The molecule has 0 unspecified atom stereocenters. The average Bonchev–Trinajstić information content (AvgIpc) is 2.00. The first-order valence-electron chi connectivity index (χ1n) is 5.43. The smallest absolute Gasteiger partial charge is 0.185 e. The monoisotopic (exact) mass is 225 g/mol. The molecule has 0 saturated carbocycles. The van der Waals surface area contributed by atoms with Gasteiger partial charge in [0.05, 0.1) is 6.07 Å². The van der Waals surface area contributed by atoms with Gasteiger partial charge in [-0.1, -0.05) is 11.6 Å². The van der Waals surface area contributed by atoms with Crippen LogP contribution in [0.15, 0.2) is 11.6 Å². The van der Waals surface area contributed by atoms with E-state index in [9.17, 15) is 0 Å². The Bertz CT molecular complexity index is 268. The molecule has 0 spiro atoms. The van der Waals surface area contributed by atoms with Crippen LogP contribution in [-0.4, -0.2) is 13.9 Å². The van der Waals surface area contributed by atoms with E-state index in [2.05, 4.69) is 45.6 Å². The fourth-order valence-corrected chi connectivity index (χ4v) is 2.94. The largest absolute Gasteiger partial charge is 0.400 e. The molecule has 0 aromatic carbocycles. The van der Waals surface area contributed by atoms with Gasteiger partial charge >= 0.3 is 0 Å². The Morgan fingerprint density at radius 2 is 1.93 bits per heavy atom. The molecule has 0 aromatic rings. The zero-order valence-electron chi connectivity index (χ0n) is 10.8. The number of hydrogen-bond acceptors (Lipinski definition) is 2. The maximum Gasteiger partial charge on any atom is 0.185 e. The van der Waals surface area contributed by atoms with E-state index < -0.39 is 13.9 Å². The minimum Gasteiger partial charge on any atom is -0.400 e. The van der Waals surface area contributed by atoms with Crippen molar-refractivity contribution in [1.82, 2.24) is 0 Å². The van der Waals surface area contributed by atoms with Crippen molar-refractivity contribution in [3.8, 4) is 6.07 Å². The van der Waals surface area contributed by atoms with E-state index in [1.807, 2.05) is 6.92 Å². The molecule has 86 valence electrons. The summed E-state index contributed by atoms with van der Waals surface area (Å²) in [5.41, 5.74) is 0.680. The molecule has 15 heavy (non-hydrogen) atoms. The minimum atomic E-state index is -1.63. The van der Waals surface area contributed by atoms with Gasteiger partial charge in [-0.2, -0.15) is 5.26 Å². The van der Waals surface area contributed by atoms with Crippen LogP contribution >= 0.6 is 0 Å². The lowest BCUT2D eigenvalue weighted by Crippen LogP contribution is -2.39. The molecule has 0 radical (unpaired) electrons. The van der Waals surface area contributed by atoms with E-state index in [0.29, 0.717) is 0 Å². The third kappa shape index (κ3) is 7.35. The summed E-state index contributed by atoms with van der Waals surface area (Å²) in [6, 6.07) is 2.29. The van der Waals surface area contributed by atoms with Gasteiger partial charge in [-0.25, -0.2) is 0 Å². The Balaban J connectivity index is 4.34. The van der Waals surface area contributed by atoms with Gasteiger partial charge in [-0.05, 0) is 53.3 Å². The van der Waals surface area contributed by atoms with Crippen molar-refractivity contribution in [3.63, 3.8) is 0 Å². The molecule has 0 bridgehead atoms. The highest BCUT2D eigenvalue weighted by molar-refractivity contribution is 6.69. The second-order valence-corrected chi connectivity index (χ2v) is 9.81. The Kier molecular flexibility index (Phi) is 5.26. The number of nitrogens with zero attached hydrogens (tertiary/aromatic N) is 1. The van der Waals surface area contributed by atoms with E-state index in [4.69, 9.17) is 9.69 Å². The highest BCUT2D eigenvalue weighted by Gasteiger charge is 2.30. The average molecular weight is 225 g/mol. The SMILES string of the molecule is CC(C)=CCC[C@@](C)(C#N)O[Si](C)(C)C. The zero-order valence-corrected chi connectivity index (χ0v) is 11.8. The van der Waals surface area contributed by atoms with Crippen molar-refractivity contribution < 1.29 is 4.43 Å². The number of rotatable bonds is 5. The summed E-state index contributed by atoms with van der Waals surface area (Å²) < 4.78 is 5.90. The molecule has 0 rings (SSSR count). The Hall–Kier alpha value is -0.593. The summed E-state index contributed by atoms with van der Waals surface area (Å²) in [5, 5.41) is 9.14. The summed E-state index contributed by atoms with van der Waals surface area (Å²) in [5.74, 6) is 0. The van der Waals surface area contributed by atoms with E-state index in [1.165, 1.54) is 5.57 Å². The molecule has 0 saturated heterocycles. The van der Waals surface area contributed by atoms with Crippen LogP contribution in [0.25, 0.3) is 0 Å². The van der Waals surface area contributed by atoms with Crippen LogP contribution in [0.1, 0.15) is 33.6 Å². The maximum absolute atomic E-state index is 9.14. The standard InChI is InChI=1S/C12H23NOSi/c1-11(2)8-7-9-12(3,10-13)14-15(4,5)6/h8H,7,9H2,1-6H3/t12-/m0/s1. The third-order valence-electron chi connectivity index (χ3n) is 1.94.